The lowest BCUT2D eigenvalue weighted by Crippen LogP contribution is -2.35. The molecule has 0 radical (unpaired) electrons. The molecule has 194 valence electrons. The van der Waals surface area contributed by atoms with Crippen molar-refractivity contribution in [2.45, 2.75) is 26.8 Å². The number of aliphatic imine (C=N–C) groups is 1. The van der Waals surface area contributed by atoms with E-state index < -0.39 is 5.91 Å². The summed E-state index contributed by atoms with van der Waals surface area (Å²) < 4.78 is 8.22. The Morgan fingerprint density at radius 1 is 1.08 bits per heavy atom. The molecule has 0 saturated carbocycles. The second-order valence-corrected chi connectivity index (χ2v) is 10.3. The van der Waals surface area contributed by atoms with Crippen LogP contribution in [-0.2, 0) is 11.3 Å². The molecular formula is C30H26N6O2S. The summed E-state index contributed by atoms with van der Waals surface area (Å²) in [4.78, 5) is 21.4. The molecule has 6 rings (SSSR count). The van der Waals surface area contributed by atoms with Crippen LogP contribution in [0, 0.1) is 19.3 Å². The number of carbonyl (C=O) groups excluding carboxylic acids is 1. The number of para-hydroxylation sites is 1. The highest BCUT2D eigenvalue weighted by Gasteiger charge is 2.36. The second-order valence-electron chi connectivity index (χ2n) is 9.36. The predicted molar refractivity (Wildman–Crippen MR) is 156 cm³/mol. The molecular weight excluding hydrogens is 508 g/mol. The maximum absolute atomic E-state index is 13.0. The predicted octanol–water partition coefficient (Wildman–Crippen LogP) is 5.79. The number of hydrogen-bond acceptors (Lipinski definition) is 6. The average molecular weight is 535 g/mol. The van der Waals surface area contributed by atoms with Crippen LogP contribution in [0.5, 0.6) is 5.75 Å². The van der Waals surface area contributed by atoms with Gasteiger partial charge < -0.3 is 9.30 Å². The molecule has 0 spiro atoms. The van der Waals surface area contributed by atoms with Gasteiger partial charge in [-0.3, -0.25) is 15.2 Å². The van der Waals surface area contributed by atoms with E-state index in [4.69, 9.17) is 10.1 Å². The molecule has 2 aliphatic rings. The van der Waals surface area contributed by atoms with E-state index >= 15 is 0 Å². The van der Waals surface area contributed by atoms with Crippen LogP contribution in [0.25, 0.3) is 17.0 Å². The SMILES string of the molecule is Cc1cccc(OCCCn2cc(/C=C3/C(=N)N4N=C(c5cccnc5)SC4=NC3=O)c3ccccc32)c1C. The first-order chi connectivity index (χ1) is 19.0. The molecule has 2 aromatic carbocycles. The molecule has 0 atom stereocenters. The van der Waals surface area contributed by atoms with E-state index in [1.54, 1.807) is 18.5 Å². The van der Waals surface area contributed by atoms with Crippen molar-refractivity contribution in [1.29, 1.82) is 5.41 Å². The van der Waals surface area contributed by atoms with Crippen LogP contribution in [0.1, 0.15) is 28.7 Å². The summed E-state index contributed by atoms with van der Waals surface area (Å²) in [5, 5.41) is 16.8. The van der Waals surface area contributed by atoms with Gasteiger partial charge in [-0.25, -0.2) is 0 Å². The number of fused-ring (bicyclic) bond motifs is 2. The van der Waals surface area contributed by atoms with Gasteiger partial charge in [0, 0.05) is 47.2 Å². The van der Waals surface area contributed by atoms with Gasteiger partial charge >= 0.3 is 0 Å². The molecule has 9 heteroatoms. The molecule has 2 aliphatic heterocycles. The number of hydrazone groups is 1. The van der Waals surface area contributed by atoms with E-state index in [0.717, 1.165) is 46.3 Å². The summed E-state index contributed by atoms with van der Waals surface area (Å²) in [5.74, 6) is 0.483. The number of benzene rings is 2. The molecule has 0 unspecified atom stereocenters. The number of hydrogen-bond donors (Lipinski definition) is 1. The van der Waals surface area contributed by atoms with Crippen molar-refractivity contribution >= 4 is 50.7 Å². The van der Waals surface area contributed by atoms with Gasteiger partial charge in [0.25, 0.3) is 5.91 Å². The number of thioether (sulfide) groups is 1. The highest BCUT2D eigenvalue weighted by molar-refractivity contribution is 8.27. The number of aryl methyl sites for hydroxylation is 2. The third-order valence-electron chi connectivity index (χ3n) is 6.84. The Bertz CT molecular complexity index is 1700. The Labute approximate surface area is 230 Å². The van der Waals surface area contributed by atoms with Crippen molar-refractivity contribution in [1.82, 2.24) is 14.6 Å². The number of nitrogens with zero attached hydrogens (tertiary/aromatic N) is 5. The summed E-state index contributed by atoms with van der Waals surface area (Å²) in [5.41, 5.74) is 5.32. The van der Waals surface area contributed by atoms with E-state index in [1.165, 1.54) is 22.3 Å². The van der Waals surface area contributed by atoms with E-state index in [2.05, 4.69) is 45.6 Å². The molecule has 4 aromatic rings. The summed E-state index contributed by atoms with van der Waals surface area (Å²) in [7, 11) is 0. The molecule has 0 aliphatic carbocycles. The number of ether oxygens (including phenoxy) is 1. The van der Waals surface area contributed by atoms with Crippen LogP contribution in [0.2, 0.25) is 0 Å². The van der Waals surface area contributed by atoms with Crippen molar-refractivity contribution < 1.29 is 9.53 Å². The first kappa shape index (κ1) is 24.8. The summed E-state index contributed by atoms with van der Waals surface area (Å²) >= 11 is 1.26. The van der Waals surface area contributed by atoms with Gasteiger partial charge in [0.2, 0.25) is 5.17 Å². The van der Waals surface area contributed by atoms with Gasteiger partial charge in [0.1, 0.15) is 10.8 Å². The number of amidine groups is 2. The summed E-state index contributed by atoms with van der Waals surface area (Å²) in [6.07, 6.45) is 7.99. The lowest BCUT2D eigenvalue weighted by Gasteiger charge is -2.20. The number of aromatic nitrogens is 2. The maximum atomic E-state index is 13.0. The Morgan fingerprint density at radius 2 is 1.95 bits per heavy atom. The minimum Gasteiger partial charge on any atom is -0.493 e. The van der Waals surface area contributed by atoms with Crippen LogP contribution in [0.3, 0.4) is 0 Å². The molecule has 0 fully saturated rings. The van der Waals surface area contributed by atoms with E-state index in [9.17, 15) is 4.79 Å². The number of pyridine rings is 1. The van der Waals surface area contributed by atoms with E-state index in [0.29, 0.717) is 16.8 Å². The summed E-state index contributed by atoms with van der Waals surface area (Å²) in [6.45, 7) is 5.51. The smallest absolute Gasteiger partial charge is 0.283 e. The van der Waals surface area contributed by atoms with Crippen molar-refractivity contribution in [2.24, 2.45) is 10.1 Å². The van der Waals surface area contributed by atoms with Crippen LogP contribution in [0.4, 0.5) is 0 Å². The quantitative estimate of drug-likeness (QED) is 0.239. The minimum absolute atomic E-state index is 0.00939. The zero-order chi connectivity index (χ0) is 26.9. The second kappa shape index (κ2) is 10.3. The van der Waals surface area contributed by atoms with Crippen LogP contribution >= 0.6 is 11.8 Å². The highest BCUT2D eigenvalue weighted by Crippen LogP contribution is 2.32. The molecule has 39 heavy (non-hydrogen) atoms. The van der Waals surface area contributed by atoms with Crippen LogP contribution < -0.4 is 4.74 Å². The van der Waals surface area contributed by atoms with Crippen molar-refractivity contribution in [3.05, 3.63) is 101 Å². The first-order valence-corrected chi connectivity index (χ1v) is 13.5. The molecule has 4 heterocycles. The van der Waals surface area contributed by atoms with Gasteiger partial charge in [-0.1, -0.05) is 30.3 Å². The summed E-state index contributed by atoms with van der Waals surface area (Å²) in [6, 6.07) is 17.9. The Balaban J connectivity index is 1.23. The van der Waals surface area contributed by atoms with Gasteiger partial charge in [0.15, 0.2) is 5.84 Å². The first-order valence-electron chi connectivity index (χ1n) is 12.7. The topological polar surface area (TPSA) is 95.9 Å². The van der Waals surface area contributed by atoms with Crippen molar-refractivity contribution in [2.75, 3.05) is 6.61 Å². The molecule has 1 N–H and O–H groups in total. The molecule has 8 nitrogen and oxygen atoms in total. The highest BCUT2D eigenvalue weighted by atomic mass is 32.2. The van der Waals surface area contributed by atoms with Gasteiger partial charge in [-0.05, 0) is 73.5 Å². The number of amides is 1. The maximum Gasteiger partial charge on any atom is 0.283 e. The fourth-order valence-corrected chi connectivity index (χ4v) is 5.51. The average Bonchev–Trinajstić information content (AvgIpc) is 3.53. The van der Waals surface area contributed by atoms with Crippen molar-refractivity contribution in [3.8, 4) is 5.75 Å². The third-order valence-corrected chi connectivity index (χ3v) is 7.80. The zero-order valence-corrected chi connectivity index (χ0v) is 22.4. The lowest BCUT2D eigenvalue weighted by atomic mass is 10.1. The largest absolute Gasteiger partial charge is 0.493 e. The fraction of sp³-hybridized carbons (Fsp3) is 0.167. The Morgan fingerprint density at radius 3 is 2.79 bits per heavy atom. The number of rotatable bonds is 7. The Hall–Kier alpha value is -4.50. The van der Waals surface area contributed by atoms with Gasteiger partial charge in [0.05, 0.1) is 12.2 Å². The number of nitrogens with one attached hydrogen (secondary N) is 1. The normalized spacial score (nSPS) is 16.1. The zero-order valence-electron chi connectivity index (χ0n) is 21.6. The van der Waals surface area contributed by atoms with Crippen LogP contribution in [-0.4, -0.2) is 43.1 Å². The molecule has 0 bridgehead atoms. The minimum atomic E-state index is -0.444. The van der Waals surface area contributed by atoms with Gasteiger partial charge in [-0.15, -0.1) is 0 Å². The fourth-order valence-electron chi connectivity index (χ4n) is 4.63. The molecule has 1 amide bonds. The van der Waals surface area contributed by atoms with E-state index in [-0.39, 0.29) is 11.4 Å². The van der Waals surface area contributed by atoms with Crippen molar-refractivity contribution in [3.63, 3.8) is 0 Å². The lowest BCUT2D eigenvalue weighted by molar-refractivity contribution is -0.114. The van der Waals surface area contributed by atoms with E-state index in [1.807, 2.05) is 48.7 Å². The number of carbonyl (C=O) groups is 1. The van der Waals surface area contributed by atoms with Crippen LogP contribution in [0.15, 0.2) is 88.9 Å². The Kier molecular flexibility index (Phi) is 6.58. The molecule has 0 saturated heterocycles. The molecule has 2 aromatic heterocycles. The third kappa shape index (κ3) is 4.77. The standard InChI is InChI=1S/C30H26N6O2S/c1-19-8-5-12-26(20(19)2)38-15-7-14-35-18-22(23-10-3-4-11-25(23)35)16-24-27(31)36-30(33-28(24)37)39-29(34-36)21-9-6-13-32-17-21/h3-6,8-13,16-18,31H,7,14-15H2,1-2H3/b24-16-,31-27?. The monoisotopic (exact) mass is 534 g/mol. The van der Waals surface area contributed by atoms with Gasteiger partial charge in [-0.2, -0.15) is 15.1 Å².